The van der Waals surface area contributed by atoms with Gasteiger partial charge in [0.25, 0.3) is 5.56 Å². The number of sulfonamides is 1. The summed E-state index contributed by atoms with van der Waals surface area (Å²) in [5, 5.41) is 0. The molecule has 0 radical (unpaired) electrons. The summed E-state index contributed by atoms with van der Waals surface area (Å²) in [5.41, 5.74) is -1.31. The van der Waals surface area contributed by atoms with Crippen LogP contribution in [0.15, 0.2) is 20.7 Å². The van der Waals surface area contributed by atoms with Crippen LogP contribution in [-0.4, -0.2) is 58.5 Å². The van der Waals surface area contributed by atoms with Crippen LogP contribution < -0.4 is 11.2 Å². The molecule has 0 aliphatic carbocycles. The third-order valence-corrected chi connectivity index (χ3v) is 6.84. The van der Waals surface area contributed by atoms with Gasteiger partial charge in [0.05, 0.1) is 0 Å². The van der Waals surface area contributed by atoms with Crippen molar-refractivity contribution in [3.8, 4) is 0 Å². The van der Waals surface area contributed by atoms with E-state index < -0.39 is 21.3 Å². The van der Waals surface area contributed by atoms with Crippen LogP contribution in [0.5, 0.6) is 0 Å². The molecule has 0 unspecified atom stereocenters. The van der Waals surface area contributed by atoms with Gasteiger partial charge in [-0.25, -0.2) is 13.2 Å². The maximum absolute atomic E-state index is 13.0. The smallest absolute Gasteiger partial charge is 0.302 e. The van der Waals surface area contributed by atoms with Crippen LogP contribution in [0.3, 0.4) is 0 Å². The van der Waals surface area contributed by atoms with E-state index in [0.29, 0.717) is 13.1 Å². The number of hydrogen-bond donors (Lipinski definition) is 0. The Morgan fingerprint density at radius 1 is 1.17 bits per heavy atom. The maximum Gasteiger partial charge on any atom is 0.330 e. The number of hydrogen-bond acceptors (Lipinski definition) is 5. The molecule has 2 saturated heterocycles. The third-order valence-electron chi connectivity index (χ3n) is 4.88. The van der Waals surface area contributed by atoms with Gasteiger partial charge in [-0.1, -0.05) is 0 Å². The molecule has 0 spiro atoms. The van der Waals surface area contributed by atoms with E-state index in [4.69, 9.17) is 0 Å². The molecular weight excluding hydrogens is 320 g/mol. The lowest BCUT2D eigenvalue weighted by atomic mass is 10.1. The van der Waals surface area contributed by atoms with Crippen LogP contribution in [0.4, 0.5) is 0 Å². The standard InChI is InChI=1S/C14H22N4O4S/c1-10-7-17-6-4-5-11(17)8-18(10)23(21,22)12-9-15(2)14(20)16(3)13(12)19/h9-11H,4-8H2,1-3H3/t10-,11+/m1/s1. The highest BCUT2D eigenvalue weighted by Crippen LogP contribution is 2.27. The number of aryl methyl sites for hydroxylation is 1. The minimum Gasteiger partial charge on any atom is -0.302 e. The fourth-order valence-corrected chi connectivity index (χ4v) is 5.38. The summed E-state index contributed by atoms with van der Waals surface area (Å²) in [6, 6.07) is 0.0219. The number of nitrogens with zero attached hydrogens (tertiary/aromatic N) is 4. The summed E-state index contributed by atoms with van der Waals surface area (Å²) in [6.45, 7) is 3.94. The van der Waals surface area contributed by atoms with Gasteiger partial charge in [0.1, 0.15) is 0 Å². The number of aromatic nitrogens is 2. The van der Waals surface area contributed by atoms with Crippen molar-refractivity contribution in [1.29, 1.82) is 0 Å². The maximum atomic E-state index is 13.0. The second-order valence-corrected chi connectivity index (χ2v) is 8.32. The quantitative estimate of drug-likeness (QED) is 0.684. The summed E-state index contributed by atoms with van der Waals surface area (Å²) in [6.07, 6.45) is 3.19. The van der Waals surface area contributed by atoms with Crippen molar-refractivity contribution in [1.82, 2.24) is 18.3 Å². The van der Waals surface area contributed by atoms with Gasteiger partial charge in [-0.3, -0.25) is 14.3 Å². The molecule has 128 valence electrons. The zero-order valence-corrected chi connectivity index (χ0v) is 14.4. The first-order chi connectivity index (χ1) is 10.7. The second kappa shape index (κ2) is 5.57. The first kappa shape index (κ1) is 16.4. The van der Waals surface area contributed by atoms with Crippen molar-refractivity contribution in [2.45, 2.75) is 36.7 Å². The topological polar surface area (TPSA) is 84.6 Å². The normalized spacial score (nSPS) is 26.4. The fourth-order valence-electron chi connectivity index (χ4n) is 3.57. The minimum atomic E-state index is -3.93. The van der Waals surface area contributed by atoms with Crippen LogP contribution in [0.25, 0.3) is 0 Å². The van der Waals surface area contributed by atoms with Crippen LogP contribution in [0, 0.1) is 0 Å². The molecule has 0 amide bonds. The minimum absolute atomic E-state index is 0.198. The van der Waals surface area contributed by atoms with Crippen LogP contribution >= 0.6 is 0 Å². The summed E-state index contributed by atoms with van der Waals surface area (Å²) in [7, 11) is -1.19. The molecule has 8 nitrogen and oxygen atoms in total. The lowest BCUT2D eigenvalue weighted by Gasteiger charge is -2.41. The predicted octanol–water partition coefficient (Wildman–Crippen LogP) is -1.06. The monoisotopic (exact) mass is 342 g/mol. The van der Waals surface area contributed by atoms with Crippen molar-refractivity contribution in [2.24, 2.45) is 14.1 Å². The van der Waals surface area contributed by atoms with E-state index >= 15 is 0 Å². The van der Waals surface area contributed by atoms with Gasteiger partial charge in [0.2, 0.25) is 10.0 Å². The summed E-state index contributed by atoms with van der Waals surface area (Å²) >= 11 is 0. The summed E-state index contributed by atoms with van der Waals surface area (Å²) < 4.78 is 29.4. The predicted molar refractivity (Wildman–Crippen MR) is 84.9 cm³/mol. The molecular formula is C14H22N4O4S. The van der Waals surface area contributed by atoms with Crippen LogP contribution in [0.1, 0.15) is 19.8 Å². The van der Waals surface area contributed by atoms with E-state index in [1.807, 2.05) is 6.92 Å². The number of piperazine rings is 1. The Morgan fingerprint density at radius 3 is 2.57 bits per heavy atom. The lowest BCUT2D eigenvalue weighted by Crippen LogP contribution is -2.57. The molecule has 2 fully saturated rings. The second-order valence-electron chi connectivity index (χ2n) is 6.47. The summed E-state index contributed by atoms with van der Waals surface area (Å²) in [4.78, 5) is 26.1. The van der Waals surface area contributed by atoms with Crippen molar-refractivity contribution < 1.29 is 8.42 Å². The average molecular weight is 342 g/mol. The van der Waals surface area contributed by atoms with Crippen LogP contribution in [-0.2, 0) is 24.1 Å². The number of rotatable bonds is 2. The molecule has 2 aliphatic heterocycles. The Balaban J connectivity index is 2.05. The molecule has 9 heteroatoms. The Hall–Kier alpha value is -1.45. The van der Waals surface area contributed by atoms with E-state index in [-0.39, 0.29) is 17.0 Å². The zero-order valence-electron chi connectivity index (χ0n) is 13.6. The first-order valence-electron chi connectivity index (χ1n) is 7.76. The van der Waals surface area contributed by atoms with E-state index in [0.717, 1.165) is 34.7 Å². The first-order valence-corrected chi connectivity index (χ1v) is 9.20. The van der Waals surface area contributed by atoms with Gasteiger partial charge < -0.3 is 4.57 Å². The summed E-state index contributed by atoms with van der Waals surface area (Å²) in [5.74, 6) is 0. The Bertz CT molecular complexity index is 841. The molecule has 2 aliphatic rings. The molecule has 0 bridgehead atoms. The highest BCUT2D eigenvalue weighted by atomic mass is 32.2. The van der Waals surface area contributed by atoms with Gasteiger partial charge in [-0.15, -0.1) is 0 Å². The molecule has 3 heterocycles. The molecule has 2 atom stereocenters. The van der Waals surface area contributed by atoms with Crippen LogP contribution in [0.2, 0.25) is 0 Å². The Morgan fingerprint density at radius 2 is 1.87 bits per heavy atom. The van der Waals surface area contributed by atoms with E-state index in [1.54, 1.807) is 0 Å². The van der Waals surface area contributed by atoms with Gasteiger partial charge in [0, 0.05) is 45.5 Å². The van der Waals surface area contributed by atoms with Crippen molar-refractivity contribution in [3.05, 3.63) is 27.0 Å². The molecule has 0 N–H and O–H groups in total. The Labute approximate surface area is 135 Å². The van der Waals surface area contributed by atoms with Crippen molar-refractivity contribution in [3.63, 3.8) is 0 Å². The van der Waals surface area contributed by atoms with Crippen molar-refractivity contribution >= 4 is 10.0 Å². The third kappa shape index (κ3) is 2.56. The zero-order chi connectivity index (χ0) is 16.9. The Kier molecular flexibility index (Phi) is 3.97. The molecule has 23 heavy (non-hydrogen) atoms. The molecule has 1 aromatic rings. The van der Waals surface area contributed by atoms with Crippen molar-refractivity contribution in [2.75, 3.05) is 19.6 Å². The molecule has 3 rings (SSSR count). The molecule has 1 aromatic heterocycles. The van der Waals surface area contributed by atoms with Gasteiger partial charge in [-0.2, -0.15) is 4.31 Å². The van der Waals surface area contributed by atoms with E-state index in [9.17, 15) is 18.0 Å². The average Bonchev–Trinajstić information content (AvgIpc) is 2.94. The molecule has 0 saturated carbocycles. The fraction of sp³-hybridized carbons (Fsp3) is 0.714. The SMILES string of the molecule is C[C@@H]1CN2CCC[C@H]2CN1S(=O)(=O)c1cn(C)c(=O)n(C)c1=O. The van der Waals surface area contributed by atoms with Gasteiger partial charge in [-0.05, 0) is 26.3 Å². The van der Waals surface area contributed by atoms with E-state index in [1.165, 1.54) is 18.4 Å². The lowest BCUT2D eigenvalue weighted by molar-refractivity contribution is 0.117. The highest BCUT2D eigenvalue weighted by molar-refractivity contribution is 7.89. The van der Waals surface area contributed by atoms with Gasteiger partial charge in [0.15, 0.2) is 4.90 Å². The van der Waals surface area contributed by atoms with Gasteiger partial charge >= 0.3 is 5.69 Å². The molecule has 0 aromatic carbocycles. The largest absolute Gasteiger partial charge is 0.330 e. The highest BCUT2D eigenvalue weighted by Gasteiger charge is 2.41. The van der Waals surface area contributed by atoms with E-state index in [2.05, 4.69) is 4.90 Å². The number of fused-ring (bicyclic) bond motifs is 1.